The fraction of sp³-hybridized carbons (Fsp3) is 1.00. The number of likely N-dealkylation sites (N-methyl/N-ethyl adjacent to an activating group) is 1. The van der Waals surface area contributed by atoms with Crippen LogP contribution in [0.5, 0.6) is 0 Å². The Morgan fingerprint density at radius 2 is 1.80 bits per heavy atom. The largest absolute Gasteiger partial charge is 0.389 e. The summed E-state index contributed by atoms with van der Waals surface area (Å²) in [6, 6.07) is 0. The van der Waals surface area contributed by atoms with E-state index in [2.05, 4.69) is 18.7 Å². The lowest BCUT2D eigenvalue weighted by Crippen LogP contribution is -2.56. The van der Waals surface area contributed by atoms with Crippen molar-refractivity contribution in [2.75, 3.05) is 26.8 Å². The number of hydrogen-bond donors (Lipinski definition) is 1. The highest BCUT2D eigenvalue weighted by atomic mass is 16.5. The molecule has 1 saturated carbocycles. The predicted molar refractivity (Wildman–Crippen MR) is 62.0 cm³/mol. The molecule has 0 saturated heterocycles. The molecule has 3 heteroatoms. The van der Waals surface area contributed by atoms with E-state index in [1.54, 1.807) is 7.11 Å². The van der Waals surface area contributed by atoms with Gasteiger partial charge in [-0.1, -0.05) is 26.7 Å². The van der Waals surface area contributed by atoms with Gasteiger partial charge >= 0.3 is 0 Å². The van der Waals surface area contributed by atoms with Crippen molar-refractivity contribution in [2.24, 2.45) is 0 Å². The van der Waals surface area contributed by atoms with Gasteiger partial charge in [-0.25, -0.2) is 0 Å². The predicted octanol–water partition coefficient (Wildman–Crippen LogP) is 1.65. The zero-order chi connectivity index (χ0) is 11.3. The van der Waals surface area contributed by atoms with Crippen LogP contribution in [-0.4, -0.2) is 48.5 Å². The van der Waals surface area contributed by atoms with Gasteiger partial charge in [-0.3, -0.25) is 4.90 Å². The average Bonchev–Trinajstić information content (AvgIpc) is 2.70. The van der Waals surface area contributed by atoms with E-state index in [4.69, 9.17) is 4.74 Å². The molecule has 0 spiro atoms. The Morgan fingerprint density at radius 1 is 1.27 bits per heavy atom. The summed E-state index contributed by atoms with van der Waals surface area (Å²) in [4.78, 5) is 2.41. The van der Waals surface area contributed by atoms with Crippen LogP contribution in [0.3, 0.4) is 0 Å². The molecule has 90 valence electrons. The molecule has 1 N–H and O–H groups in total. The molecule has 1 rings (SSSR count). The number of ether oxygens (including phenoxy) is 1. The minimum absolute atomic E-state index is 0.0144. The number of aliphatic hydroxyl groups excluding tert-OH is 1. The van der Waals surface area contributed by atoms with Gasteiger partial charge in [0.2, 0.25) is 0 Å². The van der Waals surface area contributed by atoms with Crippen LogP contribution in [0.1, 0.15) is 39.5 Å². The molecule has 1 unspecified atom stereocenters. The quantitative estimate of drug-likeness (QED) is 0.731. The Hall–Kier alpha value is -0.120. The van der Waals surface area contributed by atoms with Crippen molar-refractivity contribution < 1.29 is 9.84 Å². The van der Waals surface area contributed by atoms with Crippen molar-refractivity contribution in [3.8, 4) is 0 Å². The van der Waals surface area contributed by atoms with Crippen molar-refractivity contribution in [3.63, 3.8) is 0 Å². The molecule has 15 heavy (non-hydrogen) atoms. The first kappa shape index (κ1) is 12.9. The van der Waals surface area contributed by atoms with E-state index in [0.717, 1.165) is 25.9 Å². The van der Waals surface area contributed by atoms with Crippen LogP contribution in [0.2, 0.25) is 0 Å². The average molecular weight is 215 g/mol. The van der Waals surface area contributed by atoms with E-state index >= 15 is 0 Å². The second kappa shape index (κ2) is 5.83. The van der Waals surface area contributed by atoms with Crippen molar-refractivity contribution in [2.45, 2.75) is 51.2 Å². The molecule has 0 amide bonds. The molecule has 0 aliphatic heterocycles. The maximum absolute atomic E-state index is 10.3. The van der Waals surface area contributed by atoms with Gasteiger partial charge in [-0.05, 0) is 25.9 Å². The fourth-order valence-corrected chi connectivity index (χ4v) is 3.01. The van der Waals surface area contributed by atoms with Crippen LogP contribution in [0.15, 0.2) is 0 Å². The molecular formula is C12H25NO2. The summed E-state index contributed by atoms with van der Waals surface area (Å²) in [6.45, 7) is 6.82. The first-order valence-electron chi connectivity index (χ1n) is 6.13. The lowest BCUT2D eigenvalue weighted by atomic mass is 9.88. The van der Waals surface area contributed by atoms with Gasteiger partial charge in [0.15, 0.2) is 0 Å². The van der Waals surface area contributed by atoms with Crippen molar-refractivity contribution >= 4 is 0 Å². The van der Waals surface area contributed by atoms with Gasteiger partial charge in [0.1, 0.15) is 0 Å². The lowest BCUT2D eigenvalue weighted by molar-refractivity contribution is -0.0596. The third kappa shape index (κ3) is 2.52. The maximum atomic E-state index is 10.3. The first-order valence-corrected chi connectivity index (χ1v) is 6.13. The van der Waals surface area contributed by atoms with Crippen LogP contribution in [0.25, 0.3) is 0 Å². The molecule has 3 nitrogen and oxygen atoms in total. The van der Waals surface area contributed by atoms with E-state index in [-0.39, 0.29) is 11.6 Å². The zero-order valence-corrected chi connectivity index (χ0v) is 10.3. The molecule has 0 heterocycles. The van der Waals surface area contributed by atoms with Gasteiger partial charge < -0.3 is 9.84 Å². The second-order valence-electron chi connectivity index (χ2n) is 4.45. The van der Waals surface area contributed by atoms with Crippen molar-refractivity contribution in [1.82, 2.24) is 4.90 Å². The standard InChI is InChI=1S/C12H25NO2/c1-4-13(5-2)12(8-6-7-9-12)11(14)10-15-3/h11,14H,4-10H2,1-3H3. The van der Waals surface area contributed by atoms with E-state index < -0.39 is 0 Å². The lowest BCUT2D eigenvalue weighted by Gasteiger charge is -2.43. The van der Waals surface area contributed by atoms with Crippen LogP contribution < -0.4 is 0 Å². The van der Waals surface area contributed by atoms with E-state index in [0.29, 0.717) is 6.61 Å². The van der Waals surface area contributed by atoms with Crippen LogP contribution in [0.4, 0.5) is 0 Å². The highest BCUT2D eigenvalue weighted by molar-refractivity contribution is 4.99. The minimum atomic E-state index is -0.343. The van der Waals surface area contributed by atoms with Crippen LogP contribution >= 0.6 is 0 Å². The molecule has 1 aliphatic rings. The zero-order valence-electron chi connectivity index (χ0n) is 10.3. The number of rotatable bonds is 6. The van der Waals surface area contributed by atoms with Crippen LogP contribution in [-0.2, 0) is 4.74 Å². The summed E-state index contributed by atoms with van der Waals surface area (Å²) in [5.74, 6) is 0. The third-order valence-electron chi connectivity index (χ3n) is 3.81. The Bertz CT molecular complexity index is 174. The second-order valence-corrected chi connectivity index (χ2v) is 4.45. The summed E-state index contributed by atoms with van der Waals surface area (Å²) >= 11 is 0. The van der Waals surface area contributed by atoms with Gasteiger partial charge in [0.25, 0.3) is 0 Å². The van der Waals surface area contributed by atoms with Crippen LogP contribution in [0, 0.1) is 0 Å². The smallest absolute Gasteiger partial charge is 0.0956 e. The maximum Gasteiger partial charge on any atom is 0.0956 e. The summed E-state index contributed by atoms with van der Waals surface area (Å²) in [7, 11) is 1.66. The van der Waals surface area contributed by atoms with Gasteiger partial charge in [0.05, 0.1) is 12.7 Å². The molecule has 0 aromatic rings. The Labute approximate surface area is 93.4 Å². The molecule has 0 radical (unpaired) electrons. The molecule has 0 aromatic carbocycles. The fourth-order valence-electron chi connectivity index (χ4n) is 3.01. The Kier molecular flexibility index (Phi) is 5.03. The number of nitrogens with zero attached hydrogens (tertiary/aromatic N) is 1. The highest BCUT2D eigenvalue weighted by Gasteiger charge is 2.44. The van der Waals surface area contributed by atoms with Crippen molar-refractivity contribution in [3.05, 3.63) is 0 Å². The topological polar surface area (TPSA) is 32.7 Å². The SMILES string of the molecule is CCN(CC)C1(C(O)COC)CCCC1. The number of aliphatic hydroxyl groups is 1. The molecule has 1 fully saturated rings. The molecule has 0 bridgehead atoms. The molecule has 1 atom stereocenters. The van der Waals surface area contributed by atoms with E-state index in [1.807, 2.05) is 0 Å². The summed E-state index contributed by atoms with van der Waals surface area (Å²) in [6.07, 6.45) is 4.34. The Balaban J connectivity index is 2.76. The third-order valence-corrected chi connectivity index (χ3v) is 3.81. The molecule has 1 aliphatic carbocycles. The summed E-state index contributed by atoms with van der Waals surface area (Å²) in [5, 5.41) is 10.3. The number of methoxy groups -OCH3 is 1. The first-order chi connectivity index (χ1) is 7.21. The Morgan fingerprint density at radius 3 is 2.20 bits per heavy atom. The van der Waals surface area contributed by atoms with E-state index in [9.17, 15) is 5.11 Å². The van der Waals surface area contributed by atoms with E-state index in [1.165, 1.54) is 12.8 Å². The number of hydrogen-bond acceptors (Lipinski definition) is 3. The summed E-state index contributed by atoms with van der Waals surface area (Å²) < 4.78 is 5.10. The van der Waals surface area contributed by atoms with Gasteiger partial charge in [-0.2, -0.15) is 0 Å². The van der Waals surface area contributed by atoms with Gasteiger partial charge in [-0.15, -0.1) is 0 Å². The summed E-state index contributed by atoms with van der Waals surface area (Å²) in [5.41, 5.74) is -0.0144. The minimum Gasteiger partial charge on any atom is -0.389 e. The molecular weight excluding hydrogens is 190 g/mol. The van der Waals surface area contributed by atoms with Gasteiger partial charge in [0, 0.05) is 12.6 Å². The van der Waals surface area contributed by atoms with Crippen molar-refractivity contribution in [1.29, 1.82) is 0 Å². The normalized spacial score (nSPS) is 22.2. The molecule has 0 aromatic heterocycles. The monoisotopic (exact) mass is 215 g/mol. The highest BCUT2D eigenvalue weighted by Crippen LogP contribution is 2.38.